The third-order valence-corrected chi connectivity index (χ3v) is 7.58. The van der Waals surface area contributed by atoms with Gasteiger partial charge in [-0.3, -0.25) is 4.79 Å². The molecular weight excluding hydrogens is 534 g/mol. The fraction of sp³-hybridized carbons (Fsp3) is 0.387. The van der Waals surface area contributed by atoms with Gasteiger partial charge in [0.2, 0.25) is 11.9 Å². The van der Waals surface area contributed by atoms with Crippen LogP contribution in [-0.4, -0.2) is 59.2 Å². The molecule has 0 radical (unpaired) electrons. The number of rotatable bonds is 8. The van der Waals surface area contributed by atoms with Crippen LogP contribution in [0.15, 0.2) is 48.7 Å². The van der Waals surface area contributed by atoms with Crippen molar-refractivity contribution in [2.24, 2.45) is 0 Å². The quantitative estimate of drug-likeness (QED) is 0.335. The maximum absolute atomic E-state index is 12.5. The number of amides is 3. The minimum atomic E-state index is -0.249. The molecule has 3 N–H and O–H groups in total. The highest BCUT2D eigenvalue weighted by atomic mass is 16.5. The van der Waals surface area contributed by atoms with E-state index in [0.717, 1.165) is 44.1 Å². The van der Waals surface area contributed by atoms with Gasteiger partial charge in [-0.1, -0.05) is 12.8 Å². The number of ether oxygens (including phenoxy) is 2. The second-order valence-electron chi connectivity index (χ2n) is 10.6. The molecule has 218 valence electrons. The Morgan fingerprint density at radius 1 is 1.02 bits per heavy atom. The molecule has 0 bridgehead atoms. The van der Waals surface area contributed by atoms with Crippen molar-refractivity contribution < 1.29 is 19.1 Å². The number of carbonyl (C=O) groups excluding carboxylic acids is 2. The largest absolute Gasteiger partial charge is 0.497 e. The molecule has 11 heteroatoms. The summed E-state index contributed by atoms with van der Waals surface area (Å²) in [6.07, 6.45) is 7.30. The first-order chi connectivity index (χ1) is 20.4. The number of nitrogens with one attached hydrogen (secondary N) is 3. The van der Waals surface area contributed by atoms with Crippen molar-refractivity contribution in [1.29, 1.82) is 5.26 Å². The Kier molecular flexibility index (Phi) is 9.02. The molecule has 5 rings (SSSR count). The maximum Gasteiger partial charge on any atom is 0.319 e. The van der Waals surface area contributed by atoms with Crippen LogP contribution in [0.4, 0.5) is 22.1 Å². The van der Waals surface area contributed by atoms with Crippen molar-refractivity contribution in [3.05, 3.63) is 54.2 Å². The van der Waals surface area contributed by atoms with Crippen LogP contribution in [0.1, 0.15) is 51.0 Å². The molecule has 42 heavy (non-hydrogen) atoms. The molecule has 0 spiro atoms. The topological polar surface area (TPSA) is 142 Å². The van der Waals surface area contributed by atoms with Crippen molar-refractivity contribution >= 4 is 29.3 Å². The van der Waals surface area contributed by atoms with Crippen LogP contribution in [-0.2, 0) is 4.79 Å². The van der Waals surface area contributed by atoms with Gasteiger partial charge >= 0.3 is 6.03 Å². The summed E-state index contributed by atoms with van der Waals surface area (Å²) >= 11 is 0. The number of anilines is 3. The number of carbonyl (C=O) groups is 2. The van der Waals surface area contributed by atoms with Gasteiger partial charge in [0.15, 0.2) is 0 Å². The number of urea groups is 1. The van der Waals surface area contributed by atoms with Crippen molar-refractivity contribution in [2.45, 2.75) is 57.6 Å². The van der Waals surface area contributed by atoms with Crippen molar-refractivity contribution in [1.82, 2.24) is 20.2 Å². The molecule has 2 aromatic carbocycles. The van der Waals surface area contributed by atoms with E-state index in [1.54, 1.807) is 56.6 Å². The van der Waals surface area contributed by atoms with E-state index < -0.39 is 0 Å². The molecule has 1 aromatic heterocycles. The number of aromatic nitrogens is 2. The third kappa shape index (κ3) is 7.26. The lowest BCUT2D eigenvalue weighted by Crippen LogP contribution is -2.40. The minimum absolute atomic E-state index is 0.0515. The Morgan fingerprint density at radius 3 is 2.50 bits per heavy atom. The monoisotopic (exact) mass is 569 g/mol. The zero-order valence-electron chi connectivity index (χ0n) is 23.9. The second kappa shape index (κ2) is 13.2. The van der Waals surface area contributed by atoms with Crippen LogP contribution in [0.3, 0.4) is 0 Å². The molecule has 3 amide bonds. The van der Waals surface area contributed by atoms with Crippen molar-refractivity contribution in [3.8, 4) is 28.8 Å². The average Bonchev–Trinajstić information content (AvgIpc) is 3.50. The summed E-state index contributed by atoms with van der Waals surface area (Å²) in [5.41, 5.74) is 2.99. The Bertz CT molecular complexity index is 1470. The average molecular weight is 570 g/mol. The number of likely N-dealkylation sites (tertiary alicyclic amines) is 1. The smallest absolute Gasteiger partial charge is 0.319 e. The zero-order chi connectivity index (χ0) is 29.5. The summed E-state index contributed by atoms with van der Waals surface area (Å²) in [5, 5.41) is 18.9. The first-order valence-corrected chi connectivity index (χ1v) is 14.2. The van der Waals surface area contributed by atoms with Crippen LogP contribution in [0.25, 0.3) is 11.3 Å². The Balaban J connectivity index is 1.27. The third-order valence-electron chi connectivity index (χ3n) is 7.58. The number of benzene rings is 2. The number of piperidine rings is 1. The van der Waals surface area contributed by atoms with Gasteiger partial charge in [0.25, 0.3) is 0 Å². The molecule has 1 saturated carbocycles. The molecule has 0 atom stereocenters. The summed E-state index contributed by atoms with van der Waals surface area (Å²) in [6.45, 7) is 2.87. The van der Waals surface area contributed by atoms with Crippen LogP contribution in [0.5, 0.6) is 11.5 Å². The lowest BCUT2D eigenvalue weighted by Gasteiger charge is -2.31. The molecular formula is C31H35N7O4. The van der Waals surface area contributed by atoms with Gasteiger partial charge in [-0.2, -0.15) is 5.26 Å². The van der Waals surface area contributed by atoms with Crippen LogP contribution in [0, 0.1) is 11.3 Å². The summed E-state index contributed by atoms with van der Waals surface area (Å²) in [7, 11) is 1.56. The molecule has 0 unspecified atom stereocenters. The van der Waals surface area contributed by atoms with Crippen molar-refractivity contribution in [3.63, 3.8) is 0 Å². The minimum Gasteiger partial charge on any atom is -0.497 e. The highest BCUT2D eigenvalue weighted by molar-refractivity contribution is 5.90. The van der Waals surface area contributed by atoms with E-state index in [1.165, 1.54) is 0 Å². The Labute approximate surface area is 245 Å². The lowest BCUT2D eigenvalue weighted by molar-refractivity contribution is -0.130. The fourth-order valence-corrected chi connectivity index (χ4v) is 5.34. The van der Waals surface area contributed by atoms with Crippen molar-refractivity contribution in [2.75, 3.05) is 30.8 Å². The van der Waals surface area contributed by atoms with E-state index in [2.05, 4.69) is 32.0 Å². The van der Waals surface area contributed by atoms with E-state index in [-0.39, 0.29) is 24.1 Å². The van der Waals surface area contributed by atoms with Gasteiger partial charge in [0, 0.05) is 74.2 Å². The number of nitriles is 1. The molecule has 3 aromatic rings. The van der Waals surface area contributed by atoms with E-state index in [1.807, 2.05) is 11.0 Å². The number of hydrogen-bond donors (Lipinski definition) is 3. The molecule has 2 heterocycles. The molecule has 1 saturated heterocycles. The van der Waals surface area contributed by atoms with Gasteiger partial charge in [0.1, 0.15) is 23.7 Å². The van der Waals surface area contributed by atoms with Crippen LogP contribution in [0.2, 0.25) is 0 Å². The first kappa shape index (κ1) is 28.7. The molecule has 1 aliphatic carbocycles. The standard InChI is InChI=1S/C31H35N7O4/c1-20(39)38-13-10-26(11-14-38)42-29-8-7-21(15-22(29)19-32)28-9-12-33-30(37-28)34-24-16-25(18-27(17-24)41-2)36-31(40)35-23-5-3-4-6-23/h7-9,12,15-18,23,26H,3-6,10-11,13-14H2,1-2H3,(H,33,34,37)(H2,35,36,40). The molecule has 11 nitrogen and oxygen atoms in total. The Morgan fingerprint density at radius 2 is 1.79 bits per heavy atom. The highest BCUT2D eigenvalue weighted by Gasteiger charge is 2.23. The SMILES string of the molecule is COc1cc(NC(=O)NC2CCCC2)cc(Nc2nccc(-c3ccc(OC4CCN(C(C)=O)CC4)c(C#N)c3)n2)c1. The van der Waals surface area contributed by atoms with Gasteiger partial charge in [0.05, 0.1) is 18.4 Å². The molecule has 2 fully saturated rings. The van der Waals surface area contributed by atoms with E-state index in [9.17, 15) is 14.9 Å². The summed E-state index contributed by atoms with van der Waals surface area (Å²) in [5.74, 6) is 1.50. The first-order valence-electron chi connectivity index (χ1n) is 14.2. The molecule has 1 aliphatic heterocycles. The van der Waals surface area contributed by atoms with E-state index in [0.29, 0.717) is 53.2 Å². The van der Waals surface area contributed by atoms with Gasteiger partial charge in [-0.15, -0.1) is 0 Å². The maximum atomic E-state index is 12.5. The predicted molar refractivity (Wildman–Crippen MR) is 159 cm³/mol. The van der Waals surface area contributed by atoms with Gasteiger partial charge in [-0.05, 0) is 43.2 Å². The van der Waals surface area contributed by atoms with Crippen LogP contribution >= 0.6 is 0 Å². The van der Waals surface area contributed by atoms with E-state index >= 15 is 0 Å². The number of methoxy groups -OCH3 is 1. The number of hydrogen-bond acceptors (Lipinski definition) is 8. The zero-order valence-corrected chi connectivity index (χ0v) is 23.9. The second-order valence-corrected chi connectivity index (χ2v) is 10.6. The van der Waals surface area contributed by atoms with Gasteiger partial charge in [-0.25, -0.2) is 14.8 Å². The summed E-state index contributed by atoms with van der Waals surface area (Å²) in [4.78, 5) is 34.9. The predicted octanol–water partition coefficient (Wildman–Crippen LogP) is 5.22. The van der Waals surface area contributed by atoms with E-state index in [4.69, 9.17) is 9.47 Å². The summed E-state index contributed by atoms with van der Waals surface area (Å²) < 4.78 is 11.6. The highest BCUT2D eigenvalue weighted by Crippen LogP contribution is 2.30. The summed E-state index contributed by atoms with van der Waals surface area (Å²) in [6, 6.07) is 14.7. The fourth-order valence-electron chi connectivity index (χ4n) is 5.34. The molecule has 2 aliphatic rings. The van der Waals surface area contributed by atoms with Gasteiger partial charge < -0.3 is 30.3 Å². The van der Waals surface area contributed by atoms with Crippen LogP contribution < -0.4 is 25.4 Å². The normalized spacial score (nSPS) is 15.5. The lowest BCUT2D eigenvalue weighted by atomic mass is 10.1. The number of nitrogens with zero attached hydrogens (tertiary/aromatic N) is 4. The Hall–Kier alpha value is -4.85.